The second kappa shape index (κ2) is 8.84. The van der Waals surface area contributed by atoms with E-state index in [1.165, 1.54) is 23.5 Å². The number of carbonyl (C=O) groups is 1. The van der Waals surface area contributed by atoms with Gasteiger partial charge in [-0.05, 0) is 29.8 Å². The molecule has 0 fully saturated rings. The normalized spacial score (nSPS) is 10.8. The standard InChI is InChI=1S/C23H19FN2O2S/c24-18-8-6-16(7-9-18)14-20-15-25-23(29-20)26-22(27)13-11-19-10-12-21(28-19)17-4-2-1-3-5-17/h1-10,12,15H,11,13-14H2,(H,25,26,27). The molecule has 2 aromatic heterocycles. The van der Waals surface area contributed by atoms with E-state index in [-0.39, 0.29) is 11.7 Å². The maximum absolute atomic E-state index is 13.0. The molecule has 1 N–H and O–H groups in total. The number of furan rings is 1. The van der Waals surface area contributed by atoms with Crippen LogP contribution >= 0.6 is 11.3 Å². The summed E-state index contributed by atoms with van der Waals surface area (Å²) in [6.45, 7) is 0. The zero-order valence-corrected chi connectivity index (χ0v) is 16.4. The Hall–Kier alpha value is -3.25. The molecular weight excluding hydrogens is 387 g/mol. The van der Waals surface area contributed by atoms with Gasteiger partial charge in [0.15, 0.2) is 5.13 Å². The molecule has 4 aromatic rings. The third kappa shape index (κ3) is 5.18. The summed E-state index contributed by atoms with van der Waals surface area (Å²) < 4.78 is 18.8. The Morgan fingerprint density at radius 2 is 1.83 bits per heavy atom. The van der Waals surface area contributed by atoms with Crippen molar-refractivity contribution in [2.45, 2.75) is 19.3 Å². The zero-order chi connectivity index (χ0) is 20.1. The maximum Gasteiger partial charge on any atom is 0.226 e. The van der Waals surface area contributed by atoms with E-state index in [9.17, 15) is 9.18 Å². The number of nitrogens with one attached hydrogen (secondary N) is 1. The molecule has 0 spiro atoms. The first-order chi connectivity index (χ1) is 14.2. The van der Waals surface area contributed by atoms with Gasteiger partial charge >= 0.3 is 0 Å². The van der Waals surface area contributed by atoms with E-state index < -0.39 is 0 Å². The molecule has 1 amide bonds. The fraction of sp³-hybridized carbons (Fsp3) is 0.130. The third-order valence-electron chi connectivity index (χ3n) is 4.41. The summed E-state index contributed by atoms with van der Waals surface area (Å²) in [6, 6.07) is 20.1. The van der Waals surface area contributed by atoms with E-state index in [2.05, 4.69) is 10.3 Å². The van der Waals surface area contributed by atoms with E-state index >= 15 is 0 Å². The molecule has 0 aliphatic heterocycles. The molecule has 2 heterocycles. The fourth-order valence-electron chi connectivity index (χ4n) is 2.94. The number of hydrogen-bond donors (Lipinski definition) is 1. The molecule has 0 unspecified atom stereocenters. The minimum atomic E-state index is -0.251. The molecule has 29 heavy (non-hydrogen) atoms. The average molecular weight is 406 g/mol. The number of amides is 1. The van der Waals surface area contributed by atoms with Crippen molar-refractivity contribution in [3.8, 4) is 11.3 Å². The monoisotopic (exact) mass is 406 g/mol. The van der Waals surface area contributed by atoms with Crippen LogP contribution in [0.3, 0.4) is 0 Å². The van der Waals surface area contributed by atoms with Crippen molar-refractivity contribution in [2.24, 2.45) is 0 Å². The van der Waals surface area contributed by atoms with Crippen LogP contribution in [0.2, 0.25) is 0 Å². The Morgan fingerprint density at radius 1 is 1.03 bits per heavy atom. The number of thiazole rings is 1. The molecule has 0 saturated heterocycles. The number of carbonyl (C=O) groups excluding carboxylic acids is 1. The second-order valence-corrected chi connectivity index (χ2v) is 7.73. The molecule has 2 aromatic carbocycles. The van der Waals surface area contributed by atoms with E-state index in [4.69, 9.17) is 4.42 Å². The van der Waals surface area contributed by atoms with Gasteiger partial charge in [0.1, 0.15) is 17.3 Å². The molecule has 0 aliphatic rings. The summed E-state index contributed by atoms with van der Waals surface area (Å²) in [4.78, 5) is 17.5. The molecule has 146 valence electrons. The van der Waals surface area contributed by atoms with E-state index in [0.717, 1.165) is 27.5 Å². The molecule has 0 saturated carbocycles. The van der Waals surface area contributed by atoms with Crippen LogP contribution in [0.25, 0.3) is 11.3 Å². The predicted octanol–water partition coefficient (Wildman–Crippen LogP) is 5.70. The highest BCUT2D eigenvalue weighted by Gasteiger charge is 2.10. The lowest BCUT2D eigenvalue weighted by Crippen LogP contribution is -2.11. The number of halogens is 1. The van der Waals surface area contributed by atoms with Crippen LogP contribution in [0.1, 0.15) is 22.6 Å². The van der Waals surface area contributed by atoms with Gasteiger partial charge in [-0.2, -0.15) is 0 Å². The first-order valence-electron chi connectivity index (χ1n) is 9.29. The van der Waals surface area contributed by atoms with Gasteiger partial charge in [0, 0.05) is 35.9 Å². The lowest BCUT2D eigenvalue weighted by Gasteiger charge is -2.01. The Kier molecular flexibility index (Phi) is 5.81. The topological polar surface area (TPSA) is 55.1 Å². The Morgan fingerprint density at radius 3 is 2.62 bits per heavy atom. The van der Waals surface area contributed by atoms with Gasteiger partial charge in [-0.25, -0.2) is 9.37 Å². The zero-order valence-electron chi connectivity index (χ0n) is 15.6. The summed E-state index contributed by atoms with van der Waals surface area (Å²) >= 11 is 1.42. The Balaban J connectivity index is 1.28. The fourth-order valence-corrected chi connectivity index (χ4v) is 3.80. The smallest absolute Gasteiger partial charge is 0.226 e. The highest BCUT2D eigenvalue weighted by atomic mass is 32.1. The van der Waals surface area contributed by atoms with Crippen molar-refractivity contribution in [3.05, 3.63) is 94.9 Å². The first-order valence-corrected chi connectivity index (χ1v) is 10.1. The predicted molar refractivity (Wildman–Crippen MR) is 112 cm³/mol. The largest absolute Gasteiger partial charge is 0.461 e. The second-order valence-electron chi connectivity index (χ2n) is 6.62. The minimum Gasteiger partial charge on any atom is -0.461 e. The summed E-state index contributed by atoms with van der Waals surface area (Å²) in [5, 5.41) is 3.40. The van der Waals surface area contributed by atoms with Crippen molar-refractivity contribution >= 4 is 22.4 Å². The lowest BCUT2D eigenvalue weighted by molar-refractivity contribution is -0.116. The van der Waals surface area contributed by atoms with Crippen molar-refractivity contribution in [1.29, 1.82) is 0 Å². The quantitative estimate of drug-likeness (QED) is 0.428. The van der Waals surface area contributed by atoms with Crippen LogP contribution in [-0.2, 0) is 17.6 Å². The molecular formula is C23H19FN2O2S. The molecule has 0 aliphatic carbocycles. The minimum absolute atomic E-state index is 0.106. The number of nitrogens with zero attached hydrogens (tertiary/aromatic N) is 1. The number of aromatic nitrogens is 1. The lowest BCUT2D eigenvalue weighted by atomic mass is 10.1. The first kappa shape index (κ1) is 19.1. The number of hydrogen-bond acceptors (Lipinski definition) is 4. The number of anilines is 1. The molecule has 6 heteroatoms. The van der Waals surface area contributed by atoms with Gasteiger partial charge in [-0.1, -0.05) is 42.5 Å². The van der Waals surface area contributed by atoms with E-state index in [0.29, 0.717) is 24.4 Å². The van der Waals surface area contributed by atoms with Gasteiger partial charge in [0.05, 0.1) is 0 Å². The van der Waals surface area contributed by atoms with Crippen LogP contribution in [0.4, 0.5) is 9.52 Å². The summed E-state index contributed by atoms with van der Waals surface area (Å²) in [7, 11) is 0. The van der Waals surface area contributed by atoms with Crippen molar-refractivity contribution in [1.82, 2.24) is 4.98 Å². The molecule has 4 rings (SSSR count). The maximum atomic E-state index is 13.0. The molecule has 4 nitrogen and oxygen atoms in total. The van der Waals surface area contributed by atoms with Gasteiger partial charge in [-0.3, -0.25) is 4.79 Å². The Labute approximate surface area is 172 Å². The van der Waals surface area contributed by atoms with Gasteiger partial charge < -0.3 is 9.73 Å². The van der Waals surface area contributed by atoms with Crippen molar-refractivity contribution in [2.75, 3.05) is 5.32 Å². The van der Waals surface area contributed by atoms with Crippen molar-refractivity contribution < 1.29 is 13.6 Å². The highest BCUT2D eigenvalue weighted by molar-refractivity contribution is 7.15. The van der Waals surface area contributed by atoms with Crippen LogP contribution in [0.15, 0.2) is 77.3 Å². The molecule has 0 radical (unpaired) electrons. The van der Waals surface area contributed by atoms with E-state index in [1.54, 1.807) is 18.3 Å². The number of aryl methyl sites for hydroxylation is 1. The summed E-state index contributed by atoms with van der Waals surface area (Å²) in [5.41, 5.74) is 2.01. The van der Waals surface area contributed by atoms with Crippen LogP contribution < -0.4 is 5.32 Å². The van der Waals surface area contributed by atoms with Crippen molar-refractivity contribution in [3.63, 3.8) is 0 Å². The van der Waals surface area contributed by atoms with Crippen LogP contribution in [-0.4, -0.2) is 10.9 Å². The van der Waals surface area contributed by atoms with Gasteiger partial charge in [0.2, 0.25) is 5.91 Å². The molecule has 0 atom stereocenters. The molecule has 0 bridgehead atoms. The van der Waals surface area contributed by atoms with Gasteiger partial charge in [-0.15, -0.1) is 11.3 Å². The highest BCUT2D eigenvalue weighted by Crippen LogP contribution is 2.24. The van der Waals surface area contributed by atoms with Gasteiger partial charge in [0.25, 0.3) is 0 Å². The summed E-state index contributed by atoms with van der Waals surface area (Å²) in [6.07, 6.45) is 3.23. The van der Waals surface area contributed by atoms with Crippen LogP contribution in [0.5, 0.6) is 0 Å². The van der Waals surface area contributed by atoms with E-state index in [1.807, 2.05) is 42.5 Å². The number of benzene rings is 2. The average Bonchev–Trinajstić information content (AvgIpc) is 3.38. The number of rotatable bonds is 7. The van der Waals surface area contributed by atoms with Crippen LogP contribution in [0, 0.1) is 5.82 Å². The SMILES string of the molecule is O=C(CCc1ccc(-c2ccccc2)o1)Nc1ncc(Cc2ccc(F)cc2)s1. The Bertz CT molecular complexity index is 1090. The summed E-state index contributed by atoms with van der Waals surface area (Å²) in [5.74, 6) is 1.21. The third-order valence-corrected chi connectivity index (χ3v) is 5.32.